The molecule has 3 aromatic carbocycles. The molecule has 106 heavy (non-hydrogen) atoms. The fraction of sp³-hybridized carbons (Fsp3) is 0.564. The van der Waals surface area contributed by atoms with Crippen molar-refractivity contribution in [2.45, 2.75) is 162 Å². The largest absolute Gasteiger partial charge is 0.445 e. The summed E-state index contributed by atoms with van der Waals surface area (Å²) in [5.41, 5.74) is 9.47. The number of allylic oxidation sites excluding steroid dienone is 5. The van der Waals surface area contributed by atoms with Gasteiger partial charge in [-0.25, -0.2) is 9.59 Å². The maximum Gasteiger partial charge on any atom is 0.407 e. The fourth-order valence-corrected chi connectivity index (χ4v) is 15.9. The van der Waals surface area contributed by atoms with Crippen molar-refractivity contribution in [3.8, 4) is 0 Å². The topological polar surface area (TPSA) is 378 Å². The number of nitrogens with one attached hydrogen (secondary N) is 7. The molecule has 2 aliphatic heterocycles. The molecule has 28 nitrogen and oxygen atoms in total. The average molecular weight is 1470 g/mol. The maximum atomic E-state index is 14.6. The lowest BCUT2D eigenvalue weighted by Crippen LogP contribution is -2.63. The van der Waals surface area contributed by atoms with E-state index >= 15 is 0 Å². The molecule has 6 aliphatic rings. The summed E-state index contributed by atoms with van der Waals surface area (Å²) in [6.07, 6.45) is 8.55. The van der Waals surface area contributed by atoms with E-state index in [1.54, 1.807) is 55.2 Å². The first-order valence-electron chi connectivity index (χ1n) is 36.9. The van der Waals surface area contributed by atoms with Crippen LogP contribution in [0.25, 0.3) is 11.6 Å². The molecule has 3 aromatic rings. The van der Waals surface area contributed by atoms with E-state index in [2.05, 4.69) is 63.2 Å². The molecule has 1 unspecified atom stereocenters. The Labute approximate surface area is 619 Å². The van der Waals surface area contributed by atoms with Crippen LogP contribution in [0.15, 0.2) is 96.6 Å². The Bertz CT molecular complexity index is 3700. The van der Waals surface area contributed by atoms with Gasteiger partial charge in [-0.15, -0.1) is 0 Å². The second kappa shape index (κ2) is 38.7. The lowest BCUT2D eigenvalue weighted by Gasteiger charge is -2.59. The molecule has 0 spiro atoms. The van der Waals surface area contributed by atoms with Crippen LogP contribution in [0, 0.1) is 34.5 Å². The molecule has 576 valence electrons. The van der Waals surface area contributed by atoms with Crippen molar-refractivity contribution in [3.63, 3.8) is 0 Å². The molecule has 0 bridgehead atoms. The van der Waals surface area contributed by atoms with Crippen LogP contribution in [0.5, 0.6) is 0 Å². The number of aliphatic hydroxyl groups is 1. The molecular weight excluding hydrogens is 1370 g/mol. The van der Waals surface area contributed by atoms with Crippen molar-refractivity contribution < 1.29 is 90.9 Å². The predicted octanol–water partition coefficient (Wildman–Crippen LogP) is 6.21. The van der Waals surface area contributed by atoms with Crippen LogP contribution >= 0.6 is 0 Å². The van der Waals surface area contributed by atoms with Gasteiger partial charge in [0.15, 0.2) is 23.5 Å². The van der Waals surface area contributed by atoms with Crippen molar-refractivity contribution in [1.82, 2.24) is 31.9 Å². The SMILES string of the molecule is CCCC1O[C@@H]2C[C@H]3[C@@H]4CCC5=CC(=O)C=C[C@]5(C)[C@H]4[C@@H](O)C[C@]3(C)[C@]2(C(=O)COCNC(=O)CNC(=O)OCc2ccc(NC(=O)[C@H](CCCNC(N)=O)NC(=O)[C@@H](NC(=O)CCOCCOCCOCCOCCNC(=O)CCC(=O)N3Cc4ccccc4/C(C)=C\c4ccccc43)C(C)C)cc2)O1. The number of alkyl carbamates (subject to hydrolysis) is 1. The maximum absolute atomic E-state index is 14.6. The van der Waals surface area contributed by atoms with Crippen LogP contribution in [0.2, 0.25) is 0 Å². The summed E-state index contributed by atoms with van der Waals surface area (Å²) in [5, 5.41) is 30.5. The molecule has 9 rings (SSSR count). The highest BCUT2D eigenvalue weighted by Gasteiger charge is 2.76. The van der Waals surface area contributed by atoms with Crippen molar-refractivity contribution in [1.29, 1.82) is 0 Å². The summed E-state index contributed by atoms with van der Waals surface area (Å²) >= 11 is 0. The van der Waals surface area contributed by atoms with Gasteiger partial charge in [-0.2, -0.15) is 0 Å². The van der Waals surface area contributed by atoms with Gasteiger partial charge >= 0.3 is 12.1 Å². The third-order valence-electron chi connectivity index (χ3n) is 21.1. The molecule has 4 aliphatic carbocycles. The van der Waals surface area contributed by atoms with E-state index in [4.69, 9.17) is 43.6 Å². The summed E-state index contributed by atoms with van der Waals surface area (Å²) < 4.78 is 46.6. The zero-order valence-corrected chi connectivity index (χ0v) is 61.6. The van der Waals surface area contributed by atoms with Crippen LogP contribution < -0.4 is 47.9 Å². The zero-order chi connectivity index (χ0) is 76.0. The smallest absolute Gasteiger partial charge is 0.407 e. The Kier molecular flexibility index (Phi) is 29.7. The molecular formula is C78H105N9O19. The number of hydrogen-bond acceptors (Lipinski definition) is 19. The van der Waals surface area contributed by atoms with E-state index < -0.39 is 95.9 Å². The Morgan fingerprint density at radius 2 is 1.46 bits per heavy atom. The lowest BCUT2D eigenvalue weighted by molar-refractivity contribution is -0.201. The number of nitrogens with zero attached hydrogens (tertiary/aromatic N) is 1. The van der Waals surface area contributed by atoms with Crippen LogP contribution in [-0.4, -0.2) is 186 Å². The molecule has 0 radical (unpaired) electrons. The van der Waals surface area contributed by atoms with Gasteiger partial charge in [0.25, 0.3) is 0 Å². The van der Waals surface area contributed by atoms with Crippen LogP contribution in [0.3, 0.4) is 0 Å². The molecule has 28 heteroatoms. The van der Waals surface area contributed by atoms with Gasteiger partial charge in [-0.05, 0) is 134 Å². The summed E-state index contributed by atoms with van der Waals surface area (Å²) in [6.45, 7) is 13.0. The number of urea groups is 1. The molecule has 2 heterocycles. The molecule has 1 saturated heterocycles. The lowest BCUT2D eigenvalue weighted by atomic mass is 9.46. The minimum absolute atomic E-state index is 0.0164. The number of ketones is 2. The van der Waals surface area contributed by atoms with E-state index in [0.29, 0.717) is 63.3 Å². The summed E-state index contributed by atoms with van der Waals surface area (Å²) in [5.74, 6) is -3.54. The zero-order valence-electron chi connectivity index (χ0n) is 61.6. The highest BCUT2D eigenvalue weighted by Crippen LogP contribution is 2.70. The van der Waals surface area contributed by atoms with Crippen LogP contribution in [-0.2, 0) is 89.4 Å². The molecule has 4 fully saturated rings. The van der Waals surface area contributed by atoms with Gasteiger partial charge in [0.2, 0.25) is 35.4 Å². The van der Waals surface area contributed by atoms with E-state index in [1.165, 1.54) is 0 Å². The minimum atomic E-state index is -1.39. The van der Waals surface area contributed by atoms with Crippen molar-refractivity contribution >= 4 is 82.2 Å². The number of fused-ring (bicyclic) bond motifs is 9. The van der Waals surface area contributed by atoms with E-state index in [-0.39, 0.29) is 139 Å². The van der Waals surface area contributed by atoms with Gasteiger partial charge in [0.1, 0.15) is 38.6 Å². The number of para-hydroxylation sites is 1. The normalized spacial score (nSPS) is 24.3. The van der Waals surface area contributed by atoms with Crippen molar-refractivity contribution in [3.05, 3.63) is 119 Å². The van der Waals surface area contributed by atoms with Crippen molar-refractivity contribution in [2.24, 2.45) is 40.2 Å². The minimum Gasteiger partial charge on any atom is -0.445 e. The van der Waals surface area contributed by atoms with Gasteiger partial charge < -0.3 is 90.9 Å². The summed E-state index contributed by atoms with van der Waals surface area (Å²) in [4.78, 5) is 132. The summed E-state index contributed by atoms with van der Waals surface area (Å²) in [6, 6.07) is 19.2. The van der Waals surface area contributed by atoms with E-state index in [1.807, 2.05) is 62.4 Å². The second-order valence-corrected chi connectivity index (χ2v) is 28.6. The first kappa shape index (κ1) is 81.3. The Hall–Kier alpha value is -8.74. The number of aliphatic hydroxyl groups excluding tert-OH is 1. The van der Waals surface area contributed by atoms with E-state index in [0.717, 1.165) is 46.4 Å². The van der Waals surface area contributed by atoms with Gasteiger partial charge in [0, 0.05) is 54.8 Å². The predicted molar refractivity (Wildman–Crippen MR) is 391 cm³/mol. The molecule has 10 N–H and O–H groups in total. The number of ether oxygens (including phenoxy) is 8. The number of benzene rings is 3. The van der Waals surface area contributed by atoms with Gasteiger partial charge in [-0.3, -0.25) is 38.4 Å². The Morgan fingerprint density at radius 1 is 0.755 bits per heavy atom. The first-order chi connectivity index (χ1) is 50.9. The van der Waals surface area contributed by atoms with Crippen LogP contribution in [0.4, 0.5) is 21.0 Å². The van der Waals surface area contributed by atoms with E-state index in [9.17, 15) is 53.1 Å². The Morgan fingerprint density at radius 3 is 2.19 bits per heavy atom. The third-order valence-corrected chi connectivity index (χ3v) is 21.1. The number of carbonyl (C=O) groups is 10. The third kappa shape index (κ3) is 20.9. The van der Waals surface area contributed by atoms with Gasteiger partial charge in [0.05, 0.1) is 77.3 Å². The number of nitrogens with two attached hydrogens (primary N) is 1. The number of carbonyl (C=O) groups excluding carboxylic acids is 10. The molecule has 9 amide bonds. The number of rotatable bonds is 39. The average Bonchev–Trinajstić information content (AvgIpc) is 1.49. The number of anilines is 2. The number of Topliss-reactive ketones (excluding diaryl/α,β-unsaturated/α-hetero) is 1. The second-order valence-electron chi connectivity index (χ2n) is 28.6. The Balaban J connectivity index is 0.611. The van der Waals surface area contributed by atoms with Gasteiger partial charge in [-0.1, -0.05) is 107 Å². The fourth-order valence-electron chi connectivity index (χ4n) is 15.9. The number of amides is 9. The highest BCUT2D eigenvalue weighted by atomic mass is 16.7. The molecule has 3 saturated carbocycles. The number of hydrogen-bond donors (Lipinski definition) is 9. The quantitative estimate of drug-likeness (QED) is 0.0226. The first-order valence-corrected chi connectivity index (χ1v) is 36.9. The molecule has 0 aromatic heterocycles. The monoisotopic (exact) mass is 1470 g/mol. The summed E-state index contributed by atoms with van der Waals surface area (Å²) in [7, 11) is 0. The van der Waals surface area contributed by atoms with Crippen LogP contribution in [0.1, 0.15) is 134 Å². The highest BCUT2D eigenvalue weighted by molar-refractivity contribution is 6.02. The standard InChI is InChI=1S/C78H105N9O19/c1-7-13-69-105-64-42-59-58-24-21-54-41-56(88)27-29-76(54,5)70(58)62(89)43-77(59,6)78(64,106-69)63(90)47-103-48-83-67(93)44-82-75(98)104-46-51-19-22-55(23-20-51)84-72(95)60(17-12-30-81-74(79)97)85-73(96)71(49(2)3)86-66(92)28-32-99-34-36-101-38-39-102-37-35-100-33-31-80-65(91)25-26-68(94)87-45-53-15-8-10-16-57(53)50(4)40-52-14-9-11-18-61(52)87/h8-11,14-16,18-20,22-23,27,29,40-41,49,58-60,62,64,69-71,89H,7,12-13,17,21,24-26,28,30-39,42-48H2,1-6H3,(H,80,91)(H,82,98)(H,83,93)(H,84,95)(H,85,96)(H,86,92)(H3,79,81,97)/b50-40-/t58-,59-,60-,62-,64+,69?,70+,71-,76-,77-,78+/m0/s1. The number of primary amides is 1. The molecule has 11 atom stereocenters. The van der Waals surface area contributed by atoms with Crippen molar-refractivity contribution in [2.75, 3.05) is 96.0 Å².